The predicted octanol–water partition coefficient (Wildman–Crippen LogP) is 4.18. The van der Waals surface area contributed by atoms with E-state index in [9.17, 15) is 9.59 Å². The molecule has 0 saturated carbocycles. The highest BCUT2D eigenvalue weighted by Gasteiger charge is 2.25. The lowest BCUT2D eigenvalue weighted by Crippen LogP contribution is -2.52. The molecule has 1 atom stereocenters. The highest BCUT2D eigenvalue weighted by atomic mass is 35.5. The molecule has 3 aromatic rings. The highest BCUT2D eigenvalue weighted by molar-refractivity contribution is 7.15. The van der Waals surface area contributed by atoms with Gasteiger partial charge in [-0.1, -0.05) is 18.5 Å². The fourth-order valence-electron chi connectivity index (χ4n) is 4.20. The number of piperazine rings is 1. The molecule has 0 aromatic carbocycles. The van der Waals surface area contributed by atoms with E-state index in [1.54, 1.807) is 35.1 Å². The maximum Gasteiger partial charge on any atom is 0.304 e. The Labute approximate surface area is 229 Å². The van der Waals surface area contributed by atoms with Crippen LogP contribution in [0.25, 0.3) is 10.6 Å². The van der Waals surface area contributed by atoms with Crippen molar-refractivity contribution in [1.82, 2.24) is 24.8 Å². The molecule has 0 spiro atoms. The molecule has 1 saturated heterocycles. The zero-order valence-electron chi connectivity index (χ0n) is 21.2. The molecule has 198 valence electrons. The first-order valence-electron chi connectivity index (χ1n) is 12.2. The number of aromatic nitrogens is 3. The van der Waals surface area contributed by atoms with E-state index in [2.05, 4.69) is 45.6 Å². The van der Waals surface area contributed by atoms with E-state index in [0.29, 0.717) is 17.3 Å². The molecule has 9 nitrogen and oxygen atoms in total. The number of aliphatic carboxylic acids is 1. The number of carbonyl (C=O) groups excluding carboxylic acids is 1. The lowest BCUT2D eigenvalue weighted by molar-refractivity contribution is -0.137. The monoisotopic (exact) mass is 562 g/mol. The van der Waals surface area contributed by atoms with Crippen molar-refractivity contribution in [2.24, 2.45) is 0 Å². The van der Waals surface area contributed by atoms with Crippen LogP contribution in [0.5, 0.6) is 0 Å². The van der Waals surface area contributed by atoms with E-state index in [-0.39, 0.29) is 24.7 Å². The molecule has 0 bridgehead atoms. The number of rotatable bonds is 11. The first-order valence-corrected chi connectivity index (χ1v) is 14.3. The number of carboxylic acids is 1. The summed E-state index contributed by atoms with van der Waals surface area (Å²) in [7, 11) is 2.06. The molecule has 3 aromatic heterocycles. The van der Waals surface area contributed by atoms with Crippen molar-refractivity contribution in [3.05, 3.63) is 44.4 Å². The summed E-state index contributed by atoms with van der Waals surface area (Å²) in [6, 6.07) is 2.12. The van der Waals surface area contributed by atoms with Crippen LogP contribution in [0, 0.1) is 0 Å². The van der Waals surface area contributed by atoms with E-state index in [0.717, 1.165) is 59.0 Å². The van der Waals surface area contributed by atoms with E-state index >= 15 is 0 Å². The number of nitrogens with zero attached hydrogens (tertiary/aromatic N) is 6. The largest absolute Gasteiger partial charge is 0.481 e. The van der Waals surface area contributed by atoms with Crippen LogP contribution >= 0.6 is 34.3 Å². The van der Waals surface area contributed by atoms with Gasteiger partial charge in [0.2, 0.25) is 0 Å². The van der Waals surface area contributed by atoms with Gasteiger partial charge in [0.1, 0.15) is 16.5 Å². The van der Waals surface area contributed by atoms with Crippen LogP contribution < -0.4 is 4.90 Å². The molecule has 0 aliphatic carbocycles. The summed E-state index contributed by atoms with van der Waals surface area (Å²) in [5, 5.41) is 12.3. The van der Waals surface area contributed by atoms with Gasteiger partial charge in [-0.2, -0.15) is 0 Å². The lowest BCUT2D eigenvalue weighted by Gasteiger charge is -2.40. The molecule has 4 rings (SSSR count). The second-order valence-corrected chi connectivity index (χ2v) is 11.7. The Morgan fingerprint density at radius 3 is 2.70 bits per heavy atom. The summed E-state index contributed by atoms with van der Waals surface area (Å²) in [6.45, 7) is 8.61. The van der Waals surface area contributed by atoms with Crippen molar-refractivity contribution in [1.29, 1.82) is 0 Å². The molecule has 1 N–H and O–H groups in total. The minimum atomic E-state index is -0.782. The van der Waals surface area contributed by atoms with Gasteiger partial charge in [-0.15, -0.1) is 22.7 Å². The van der Waals surface area contributed by atoms with Crippen LogP contribution in [-0.4, -0.2) is 87.4 Å². The van der Waals surface area contributed by atoms with Gasteiger partial charge in [0.05, 0.1) is 40.8 Å². The summed E-state index contributed by atoms with van der Waals surface area (Å²) in [4.78, 5) is 46.3. The Morgan fingerprint density at radius 1 is 1.27 bits per heavy atom. The molecule has 0 unspecified atom stereocenters. The Balaban J connectivity index is 1.41. The highest BCUT2D eigenvalue weighted by Crippen LogP contribution is 2.35. The second-order valence-electron chi connectivity index (χ2n) is 9.17. The third-order valence-corrected chi connectivity index (χ3v) is 8.76. The van der Waals surface area contributed by atoms with E-state index in [1.165, 1.54) is 0 Å². The summed E-state index contributed by atoms with van der Waals surface area (Å²) >= 11 is 9.26. The van der Waals surface area contributed by atoms with Crippen LogP contribution in [0.3, 0.4) is 0 Å². The smallest absolute Gasteiger partial charge is 0.304 e. The zero-order chi connectivity index (χ0) is 26.5. The number of anilines is 1. The van der Waals surface area contributed by atoms with Crippen LogP contribution in [0.15, 0.2) is 23.8 Å². The van der Waals surface area contributed by atoms with Crippen molar-refractivity contribution < 1.29 is 14.7 Å². The molecule has 12 heteroatoms. The Hall–Kier alpha value is -2.44. The number of hydrogen-bond donors (Lipinski definition) is 1. The number of Topliss-reactive ketones (excluding diaryl/α,β-unsaturated/α-hetero) is 1. The standard InChI is InChI=1S/C25H31ClN6O3S2/c1-4-30(3)14-21-25(20-9-17(26)15-36-20)29-23(37-21)10-19(33)18-11-28-22(12-27-18)32-8-7-31(16(2)13-32)6-5-24(34)35/h9,11-12,15-16H,4-8,10,13-14H2,1-3H3,(H,34,35)/t16-/m1/s1. The Morgan fingerprint density at radius 2 is 2.08 bits per heavy atom. The van der Waals surface area contributed by atoms with Gasteiger partial charge in [-0.3, -0.25) is 14.5 Å². The number of halogens is 1. The van der Waals surface area contributed by atoms with Gasteiger partial charge in [0.25, 0.3) is 0 Å². The summed E-state index contributed by atoms with van der Waals surface area (Å²) in [6.07, 6.45) is 3.49. The average Bonchev–Trinajstić information content (AvgIpc) is 3.48. The average molecular weight is 563 g/mol. The van der Waals surface area contributed by atoms with Crippen LogP contribution in [-0.2, 0) is 17.8 Å². The van der Waals surface area contributed by atoms with E-state index in [4.69, 9.17) is 21.7 Å². The van der Waals surface area contributed by atoms with E-state index < -0.39 is 5.97 Å². The van der Waals surface area contributed by atoms with Crippen LogP contribution in [0.4, 0.5) is 5.82 Å². The summed E-state index contributed by atoms with van der Waals surface area (Å²) in [5.74, 6) is -0.182. The predicted molar refractivity (Wildman–Crippen MR) is 148 cm³/mol. The van der Waals surface area contributed by atoms with Crippen molar-refractivity contribution in [2.45, 2.75) is 39.3 Å². The Kier molecular flexibility index (Phi) is 9.25. The van der Waals surface area contributed by atoms with Crippen molar-refractivity contribution in [3.8, 4) is 10.6 Å². The third kappa shape index (κ3) is 7.11. The molecular formula is C25H31ClN6O3S2. The maximum absolute atomic E-state index is 13.0. The number of carboxylic acid groups (broad SMARTS) is 1. The quantitative estimate of drug-likeness (QED) is 0.345. The molecule has 1 aliphatic heterocycles. The normalized spacial score (nSPS) is 16.5. The number of thiazole rings is 1. The molecule has 0 amide bonds. The number of thiophene rings is 1. The summed E-state index contributed by atoms with van der Waals surface area (Å²) in [5.41, 5.74) is 1.21. The van der Waals surface area contributed by atoms with Gasteiger partial charge < -0.3 is 14.9 Å². The summed E-state index contributed by atoms with van der Waals surface area (Å²) < 4.78 is 0. The SMILES string of the molecule is CCN(C)Cc1sc(CC(=O)c2cnc(N3CCN(CCC(=O)O)[C@H](C)C3)cn2)nc1-c1cc(Cl)cs1. The third-order valence-electron chi connectivity index (χ3n) is 6.43. The first kappa shape index (κ1) is 27.6. The fraction of sp³-hybridized carbons (Fsp3) is 0.480. The number of ketones is 1. The van der Waals surface area contributed by atoms with Crippen LogP contribution in [0.1, 0.15) is 40.6 Å². The molecule has 4 heterocycles. The van der Waals surface area contributed by atoms with Gasteiger partial charge in [0, 0.05) is 49.0 Å². The van der Waals surface area contributed by atoms with Gasteiger partial charge in [-0.25, -0.2) is 15.0 Å². The topological polar surface area (TPSA) is 103 Å². The fourth-order valence-corrected chi connectivity index (χ4v) is 6.52. The number of hydrogen-bond acceptors (Lipinski definition) is 10. The molecule has 1 aliphatic rings. The van der Waals surface area contributed by atoms with Crippen LogP contribution in [0.2, 0.25) is 5.02 Å². The molecule has 37 heavy (non-hydrogen) atoms. The molecule has 0 radical (unpaired) electrons. The Bertz CT molecular complexity index is 1230. The van der Waals surface area contributed by atoms with Gasteiger partial charge in [-0.05, 0) is 26.6 Å². The second kappa shape index (κ2) is 12.4. The van der Waals surface area contributed by atoms with Crippen molar-refractivity contribution in [3.63, 3.8) is 0 Å². The van der Waals surface area contributed by atoms with Gasteiger partial charge >= 0.3 is 5.97 Å². The maximum atomic E-state index is 13.0. The molecular weight excluding hydrogens is 532 g/mol. The lowest BCUT2D eigenvalue weighted by atomic mass is 10.2. The van der Waals surface area contributed by atoms with E-state index in [1.807, 2.05) is 11.4 Å². The van der Waals surface area contributed by atoms with Gasteiger partial charge in [0.15, 0.2) is 5.78 Å². The van der Waals surface area contributed by atoms with Crippen molar-refractivity contribution >= 4 is 51.8 Å². The first-order chi connectivity index (χ1) is 17.7. The van der Waals surface area contributed by atoms with Crippen molar-refractivity contribution in [2.75, 3.05) is 44.7 Å². The minimum absolute atomic E-state index is 0.120. The number of carbonyl (C=O) groups is 2. The zero-order valence-corrected chi connectivity index (χ0v) is 23.6. The molecule has 1 fully saturated rings. The minimum Gasteiger partial charge on any atom is -0.481 e.